The fraction of sp³-hybridized carbons (Fsp3) is 0.500. The Hall–Kier alpha value is -2.21. The highest BCUT2D eigenvalue weighted by Crippen LogP contribution is 2.40. The predicted octanol–water partition coefficient (Wildman–Crippen LogP) is 2.45. The molecule has 0 radical (unpaired) electrons. The van der Waals surface area contributed by atoms with Gasteiger partial charge in [-0.2, -0.15) is 4.98 Å². The van der Waals surface area contributed by atoms with Crippen molar-refractivity contribution in [2.45, 2.75) is 24.7 Å². The van der Waals surface area contributed by atoms with Crippen molar-refractivity contribution in [2.75, 3.05) is 26.8 Å². The van der Waals surface area contributed by atoms with Gasteiger partial charge in [0.05, 0.1) is 12.5 Å². The minimum atomic E-state index is 0.0395. The van der Waals surface area contributed by atoms with Gasteiger partial charge in [-0.3, -0.25) is 4.79 Å². The van der Waals surface area contributed by atoms with Crippen molar-refractivity contribution in [3.05, 3.63) is 47.6 Å². The van der Waals surface area contributed by atoms with E-state index in [-0.39, 0.29) is 17.7 Å². The number of nitrogens with zero attached hydrogens (tertiary/aromatic N) is 3. The maximum Gasteiger partial charge on any atom is 0.253 e. The van der Waals surface area contributed by atoms with Crippen LogP contribution in [0.25, 0.3) is 0 Å². The lowest BCUT2D eigenvalue weighted by molar-refractivity contribution is 0.0775. The van der Waals surface area contributed by atoms with Crippen LogP contribution < -0.4 is 0 Å². The van der Waals surface area contributed by atoms with Gasteiger partial charge < -0.3 is 14.2 Å². The zero-order chi connectivity index (χ0) is 16.5. The Labute approximate surface area is 140 Å². The molecule has 0 spiro atoms. The second-order valence-corrected chi connectivity index (χ2v) is 6.66. The van der Waals surface area contributed by atoms with Crippen molar-refractivity contribution in [1.82, 2.24) is 15.0 Å². The molecular formula is C18H21N3O3. The van der Waals surface area contributed by atoms with Gasteiger partial charge >= 0.3 is 0 Å². The molecule has 0 N–H and O–H groups in total. The third-order valence-electron chi connectivity index (χ3n) is 4.85. The number of hydrogen-bond donors (Lipinski definition) is 0. The SMILES string of the molecule is COC[C@@H]1CN(C(=O)c2ccccc2)C[C@H]1c1nc(C2CC2)no1. The topological polar surface area (TPSA) is 68.5 Å². The summed E-state index contributed by atoms with van der Waals surface area (Å²) in [5, 5.41) is 4.12. The second kappa shape index (κ2) is 6.36. The Morgan fingerprint density at radius 1 is 1.29 bits per heavy atom. The van der Waals surface area contributed by atoms with Gasteiger partial charge in [0, 0.05) is 37.6 Å². The zero-order valence-corrected chi connectivity index (χ0v) is 13.7. The number of ether oxygens (including phenoxy) is 1. The third kappa shape index (κ3) is 2.94. The first-order chi connectivity index (χ1) is 11.8. The molecule has 1 aromatic carbocycles. The highest BCUT2D eigenvalue weighted by Gasteiger charge is 2.40. The fourth-order valence-corrected chi connectivity index (χ4v) is 3.37. The molecule has 1 saturated heterocycles. The maximum atomic E-state index is 12.7. The number of hydrogen-bond acceptors (Lipinski definition) is 5. The molecule has 1 aliphatic heterocycles. The quantitative estimate of drug-likeness (QED) is 0.844. The molecule has 6 heteroatoms. The van der Waals surface area contributed by atoms with E-state index in [1.165, 1.54) is 0 Å². The van der Waals surface area contributed by atoms with E-state index in [9.17, 15) is 4.79 Å². The van der Waals surface area contributed by atoms with Crippen LogP contribution in [0.2, 0.25) is 0 Å². The summed E-state index contributed by atoms with van der Waals surface area (Å²) in [7, 11) is 1.68. The summed E-state index contributed by atoms with van der Waals surface area (Å²) in [6, 6.07) is 9.37. The first kappa shape index (κ1) is 15.3. The summed E-state index contributed by atoms with van der Waals surface area (Å²) in [6.07, 6.45) is 2.29. The van der Waals surface area contributed by atoms with Crippen LogP contribution in [0.3, 0.4) is 0 Å². The molecule has 2 atom stereocenters. The van der Waals surface area contributed by atoms with Gasteiger partial charge in [0.25, 0.3) is 5.91 Å². The molecule has 1 aliphatic carbocycles. The normalized spacial score (nSPS) is 23.6. The van der Waals surface area contributed by atoms with E-state index in [1.54, 1.807) is 7.11 Å². The summed E-state index contributed by atoms with van der Waals surface area (Å²) in [6.45, 7) is 1.81. The molecule has 1 saturated carbocycles. The Morgan fingerprint density at radius 3 is 2.79 bits per heavy atom. The van der Waals surface area contributed by atoms with Crippen LogP contribution in [-0.4, -0.2) is 47.8 Å². The van der Waals surface area contributed by atoms with Crippen LogP contribution >= 0.6 is 0 Å². The Kier molecular flexibility index (Phi) is 4.06. The van der Waals surface area contributed by atoms with E-state index in [0.29, 0.717) is 37.1 Å². The molecular weight excluding hydrogens is 306 g/mol. The molecule has 2 aliphatic rings. The van der Waals surface area contributed by atoms with Crippen molar-refractivity contribution >= 4 is 5.91 Å². The van der Waals surface area contributed by atoms with Gasteiger partial charge in [0.2, 0.25) is 5.89 Å². The van der Waals surface area contributed by atoms with Crippen molar-refractivity contribution in [3.8, 4) is 0 Å². The van der Waals surface area contributed by atoms with Crippen LogP contribution in [0.5, 0.6) is 0 Å². The minimum Gasteiger partial charge on any atom is -0.384 e. The van der Waals surface area contributed by atoms with Crippen molar-refractivity contribution in [1.29, 1.82) is 0 Å². The summed E-state index contributed by atoms with van der Waals surface area (Å²) >= 11 is 0. The zero-order valence-electron chi connectivity index (χ0n) is 13.7. The highest BCUT2D eigenvalue weighted by atomic mass is 16.5. The molecule has 6 nitrogen and oxygen atoms in total. The van der Waals surface area contributed by atoms with E-state index >= 15 is 0 Å². The summed E-state index contributed by atoms with van der Waals surface area (Å²) in [5.41, 5.74) is 0.707. The van der Waals surface area contributed by atoms with Crippen LogP contribution in [0.1, 0.15) is 46.8 Å². The van der Waals surface area contributed by atoms with Gasteiger partial charge in [-0.05, 0) is 25.0 Å². The molecule has 2 aromatic rings. The Bertz CT molecular complexity index is 711. The number of rotatable bonds is 5. The number of amides is 1. The van der Waals surface area contributed by atoms with Crippen molar-refractivity contribution in [3.63, 3.8) is 0 Å². The average molecular weight is 327 g/mol. The number of methoxy groups -OCH3 is 1. The Balaban J connectivity index is 1.53. The van der Waals surface area contributed by atoms with Gasteiger partial charge in [-0.15, -0.1) is 0 Å². The molecule has 2 fully saturated rings. The second-order valence-electron chi connectivity index (χ2n) is 6.66. The van der Waals surface area contributed by atoms with Gasteiger partial charge in [-0.25, -0.2) is 0 Å². The van der Waals surface area contributed by atoms with Crippen LogP contribution in [0.15, 0.2) is 34.9 Å². The van der Waals surface area contributed by atoms with Crippen molar-refractivity contribution < 1.29 is 14.1 Å². The lowest BCUT2D eigenvalue weighted by Gasteiger charge is -2.16. The molecule has 1 aromatic heterocycles. The summed E-state index contributed by atoms with van der Waals surface area (Å²) in [5.74, 6) is 2.18. The maximum absolute atomic E-state index is 12.7. The number of likely N-dealkylation sites (tertiary alicyclic amines) is 1. The molecule has 0 bridgehead atoms. The van der Waals surface area contributed by atoms with E-state index in [1.807, 2.05) is 35.2 Å². The first-order valence-electron chi connectivity index (χ1n) is 8.43. The van der Waals surface area contributed by atoms with Crippen LogP contribution in [0, 0.1) is 5.92 Å². The standard InChI is InChI=1S/C18H21N3O3/c1-23-11-14-9-21(18(22)13-5-3-2-4-6-13)10-15(14)17-19-16(20-24-17)12-7-8-12/h2-6,12,14-15H,7-11H2,1H3/t14-,15+/m0/s1. The van der Waals surface area contributed by atoms with Crippen molar-refractivity contribution in [2.24, 2.45) is 5.92 Å². The van der Waals surface area contributed by atoms with Gasteiger partial charge in [0.15, 0.2) is 5.82 Å². The minimum absolute atomic E-state index is 0.0395. The monoisotopic (exact) mass is 327 g/mol. The molecule has 126 valence electrons. The smallest absolute Gasteiger partial charge is 0.253 e. The summed E-state index contributed by atoms with van der Waals surface area (Å²) in [4.78, 5) is 19.2. The molecule has 0 unspecified atom stereocenters. The number of aromatic nitrogens is 2. The number of carbonyl (C=O) groups is 1. The molecule has 24 heavy (non-hydrogen) atoms. The Morgan fingerprint density at radius 2 is 2.08 bits per heavy atom. The largest absolute Gasteiger partial charge is 0.384 e. The van der Waals surface area contributed by atoms with E-state index < -0.39 is 0 Å². The third-order valence-corrected chi connectivity index (χ3v) is 4.85. The van der Waals surface area contributed by atoms with Crippen LogP contribution in [-0.2, 0) is 4.74 Å². The average Bonchev–Trinajstić information content (AvgIpc) is 3.20. The van der Waals surface area contributed by atoms with E-state index in [2.05, 4.69) is 10.1 Å². The molecule has 4 rings (SSSR count). The number of carbonyl (C=O) groups excluding carboxylic acids is 1. The first-order valence-corrected chi connectivity index (χ1v) is 8.43. The predicted molar refractivity (Wildman–Crippen MR) is 86.7 cm³/mol. The lowest BCUT2D eigenvalue weighted by Crippen LogP contribution is -2.29. The van der Waals surface area contributed by atoms with Gasteiger partial charge in [-0.1, -0.05) is 23.4 Å². The van der Waals surface area contributed by atoms with E-state index in [4.69, 9.17) is 9.26 Å². The van der Waals surface area contributed by atoms with E-state index in [0.717, 1.165) is 18.7 Å². The summed E-state index contributed by atoms with van der Waals surface area (Å²) < 4.78 is 10.9. The van der Waals surface area contributed by atoms with Gasteiger partial charge in [0.1, 0.15) is 0 Å². The number of benzene rings is 1. The highest BCUT2D eigenvalue weighted by molar-refractivity contribution is 5.94. The lowest BCUT2D eigenvalue weighted by atomic mass is 9.97. The molecule has 2 heterocycles. The molecule has 1 amide bonds. The van der Waals surface area contributed by atoms with Crippen LogP contribution in [0.4, 0.5) is 0 Å². The fourth-order valence-electron chi connectivity index (χ4n) is 3.37.